The van der Waals surface area contributed by atoms with Gasteiger partial charge in [-0.1, -0.05) is 0 Å². The van der Waals surface area contributed by atoms with Crippen LogP contribution in [0.2, 0.25) is 0 Å². The predicted octanol–water partition coefficient (Wildman–Crippen LogP) is 2.84. The first-order chi connectivity index (χ1) is 8.56. The molecule has 0 aliphatic heterocycles. The van der Waals surface area contributed by atoms with Gasteiger partial charge in [-0.05, 0) is 44.0 Å². The zero-order chi connectivity index (χ0) is 13.1. The minimum atomic E-state index is -0.290. The van der Waals surface area contributed by atoms with Gasteiger partial charge in [-0.2, -0.15) is 0 Å². The summed E-state index contributed by atoms with van der Waals surface area (Å²) < 4.78 is 1.36. The highest BCUT2D eigenvalue weighted by atomic mass is 79.9. The molecule has 92 valence electrons. The maximum atomic E-state index is 11.9. The summed E-state index contributed by atoms with van der Waals surface area (Å²) in [6.07, 6.45) is 4.55. The topological polar surface area (TPSA) is 80.9 Å². The van der Waals surface area contributed by atoms with Gasteiger partial charge in [-0.25, -0.2) is 4.98 Å². The molecule has 1 amide bonds. The third-order valence-corrected chi connectivity index (χ3v) is 3.10. The first-order valence-corrected chi connectivity index (χ1v) is 6.48. The summed E-state index contributed by atoms with van der Waals surface area (Å²) in [7, 11) is 0. The van der Waals surface area contributed by atoms with Crippen molar-refractivity contribution in [3.63, 3.8) is 0 Å². The number of rotatable bonds is 2. The summed E-state index contributed by atoms with van der Waals surface area (Å²) in [4.78, 5) is 19.9. The standard InChI is InChI=1S/C11H8Br2N4O/c12-7-1-6(3-15-4-7)11(18)17-10-9(13)2-8(14)5-16-10/h1-5H,14H2,(H,16,17,18). The molecule has 0 aromatic carbocycles. The van der Waals surface area contributed by atoms with Gasteiger partial charge in [0.05, 0.1) is 21.9 Å². The van der Waals surface area contributed by atoms with Crippen LogP contribution in [0.15, 0.2) is 39.7 Å². The maximum Gasteiger partial charge on any atom is 0.258 e. The van der Waals surface area contributed by atoms with Crippen molar-refractivity contribution in [1.82, 2.24) is 9.97 Å². The number of aromatic nitrogens is 2. The second kappa shape index (κ2) is 5.45. The second-order valence-electron chi connectivity index (χ2n) is 3.45. The van der Waals surface area contributed by atoms with Crippen molar-refractivity contribution in [2.45, 2.75) is 0 Å². The van der Waals surface area contributed by atoms with Gasteiger partial charge in [0.15, 0.2) is 0 Å². The lowest BCUT2D eigenvalue weighted by Gasteiger charge is -2.06. The zero-order valence-corrected chi connectivity index (χ0v) is 12.2. The summed E-state index contributed by atoms with van der Waals surface area (Å²) in [6.45, 7) is 0. The van der Waals surface area contributed by atoms with E-state index in [1.165, 1.54) is 12.4 Å². The molecule has 0 aliphatic rings. The van der Waals surface area contributed by atoms with Crippen LogP contribution < -0.4 is 11.1 Å². The lowest BCUT2D eigenvalue weighted by atomic mass is 10.2. The summed E-state index contributed by atoms with van der Waals surface area (Å²) >= 11 is 6.54. The number of nitrogens with zero attached hydrogens (tertiary/aromatic N) is 2. The van der Waals surface area contributed by atoms with Crippen LogP contribution in [0.5, 0.6) is 0 Å². The molecule has 5 nitrogen and oxygen atoms in total. The van der Waals surface area contributed by atoms with Gasteiger partial charge >= 0.3 is 0 Å². The number of nitrogen functional groups attached to an aromatic ring is 1. The van der Waals surface area contributed by atoms with Crippen molar-refractivity contribution >= 4 is 49.3 Å². The molecule has 2 heterocycles. The molecule has 0 unspecified atom stereocenters. The Hall–Kier alpha value is -1.47. The number of hydrogen-bond acceptors (Lipinski definition) is 4. The molecule has 0 atom stereocenters. The van der Waals surface area contributed by atoms with Crippen molar-refractivity contribution in [1.29, 1.82) is 0 Å². The molecule has 2 aromatic rings. The predicted molar refractivity (Wildman–Crippen MR) is 76.2 cm³/mol. The summed E-state index contributed by atoms with van der Waals surface area (Å²) in [6, 6.07) is 3.34. The molecule has 0 bridgehead atoms. The van der Waals surface area contributed by atoms with Gasteiger partial charge in [0, 0.05) is 16.9 Å². The lowest BCUT2D eigenvalue weighted by molar-refractivity contribution is 0.102. The number of amides is 1. The van der Waals surface area contributed by atoms with E-state index in [4.69, 9.17) is 5.73 Å². The van der Waals surface area contributed by atoms with Crippen LogP contribution in [0.1, 0.15) is 10.4 Å². The molecule has 7 heteroatoms. The number of nitrogens with one attached hydrogen (secondary N) is 1. The Labute approximate surface area is 120 Å². The normalized spacial score (nSPS) is 10.1. The van der Waals surface area contributed by atoms with E-state index in [2.05, 4.69) is 47.1 Å². The molecular weight excluding hydrogens is 364 g/mol. The van der Waals surface area contributed by atoms with Gasteiger partial charge in [-0.15, -0.1) is 0 Å². The molecule has 0 fully saturated rings. The minimum Gasteiger partial charge on any atom is -0.397 e. The molecule has 0 saturated heterocycles. The average Bonchev–Trinajstić information content (AvgIpc) is 2.32. The smallest absolute Gasteiger partial charge is 0.258 e. The van der Waals surface area contributed by atoms with Crippen LogP contribution in [-0.2, 0) is 0 Å². The third kappa shape index (κ3) is 3.05. The Morgan fingerprint density at radius 1 is 1.22 bits per heavy atom. The van der Waals surface area contributed by atoms with Gasteiger partial charge in [0.25, 0.3) is 5.91 Å². The van der Waals surface area contributed by atoms with E-state index in [0.717, 1.165) is 4.47 Å². The molecule has 0 spiro atoms. The molecule has 0 aliphatic carbocycles. The lowest BCUT2D eigenvalue weighted by Crippen LogP contribution is -2.13. The van der Waals surface area contributed by atoms with Crippen molar-refractivity contribution in [3.05, 3.63) is 45.2 Å². The number of carbonyl (C=O) groups is 1. The Morgan fingerprint density at radius 3 is 2.67 bits per heavy atom. The van der Waals surface area contributed by atoms with E-state index in [-0.39, 0.29) is 5.91 Å². The fourth-order valence-electron chi connectivity index (χ4n) is 1.26. The summed E-state index contributed by atoms with van der Waals surface area (Å²) in [5, 5.41) is 2.67. The summed E-state index contributed by atoms with van der Waals surface area (Å²) in [5.74, 6) is 0.121. The maximum absolute atomic E-state index is 11.9. The van der Waals surface area contributed by atoms with Crippen molar-refractivity contribution in [2.75, 3.05) is 11.1 Å². The van der Waals surface area contributed by atoms with Gasteiger partial charge in [0.1, 0.15) is 5.82 Å². The SMILES string of the molecule is Nc1cnc(NC(=O)c2cncc(Br)c2)c(Br)c1. The van der Waals surface area contributed by atoms with Gasteiger partial charge in [0.2, 0.25) is 0 Å². The highest BCUT2D eigenvalue weighted by Gasteiger charge is 2.10. The second-order valence-corrected chi connectivity index (χ2v) is 5.22. The number of nitrogens with two attached hydrogens (primary N) is 1. The van der Waals surface area contributed by atoms with E-state index < -0.39 is 0 Å². The van der Waals surface area contributed by atoms with E-state index >= 15 is 0 Å². The fourth-order valence-corrected chi connectivity index (χ4v) is 2.09. The first-order valence-electron chi connectivity index (χ1n) is 4.89. The molecule has 2 rings (SSSR count). The van der Waals surface area contributed by atoms with Gasteiger partial charge in [-0.3, -0.25) is 9.78 Å². The quantitative estimate of drug-likeness (QED) is 0.850. The molecule has 0 radical (unpaired) electrons. The van der Waals surface area contributed by atoms with Crippen molar-refractivity contribution < 1.29 is 4.79 Å². The molecular formula is C11H8Br2N4O. The largest absolute Gasteiger partial charge is 0.397 e. The number of pyridine rings is 2. The van der Waals surface area contributed by atoms with E-state index in [1.54, 1.807) is 18.3 Å². The molecule has 3 N–H and O–H groups in total. The van der Waals surface area contributed by atoms with Crippen molar-refractivity contribution in [3.8, 4) is 0 Å². The molecule has 2 aromatic heterocycles. The fraction of sp³-hybridized carbons (Fsp3) is 0. The highest BCUT2D eigenvalue weighted by molar-refractivity contribution is 9.10. The van der Waals surface area contributed by atoms with Crippen LogP contribution in [0.4, 0.5) is 11.5 Å². The Morgan fingerprint density at radius 2 is 2.00 bits per heavy atom. The van der Waals surface area contributed by atoms with Crippen molar-refractivity contribution in [2.24, 2.45) is 0 Å². The molecule has 0 saturated carbocycles. The number of hydrogen-bond donors (Lipinski definition) is 2. The van der Waals surface area contributed by atoms with E-state index in [0.29, 0.717) is 21.5 Å². The molecule has 18 heavy (non-hydrogen) atoms. The highest BCUT2D eigenvalue weighted by Crippen LogP contribution is 2.22. The van der Waals surface area contributed by atoms with Crippen LogP contribution in [0, 0.1) is 0 Å². The van der Waals surface area contributed by atoms with Crippen LogP contribution >= 0.6 is 31.9 Å². The monoisotopic (exact) mass is 370 g/mol. The van der Waals surface area contributed by atoms with Crippen LogP contribution in [0.3, 0.4) is 0 Å². The average molecular weight is 372 g/mol. The third-order valence-electron chi connectivity index (χ3n) is 2.06. The number of halogens is 2. The Bertz CT molecular complexity index is 603. The van der Waals surface area contributed by atoms with Gasteiger partial charge < -0.3 is 11.1 Å². The Kier molecular flexibility index (Phi) is 3.93. The van der Waals surface area contributed by atoms with E-state index in [9.17, 15) is 4.79 Å². The number of carbonyl (C=O) groups excluding carboxylic acids is 1. The summed E-state index contributed by atoms with van der Waals surface area (Å²) in [5.41, 5.74) is 6.53. The minimum absolute atomic E-state index is 0.290. The Balaban J connectivity index is 2.21. The van der Waals surface area contributed by atoms with Crippen LogP contribution in [0.25, 0.3) is 0 Å². The zero-order valence-electron chi connectivity index (χ0n) is 9.02. The number of anilines is 2. The van der Waals surface area contributed by atoms with Crippen LogP contribution in [-0.4, -0.2) is 15.9 Å². The first kappa shape index (κ1) is 13.0. The van der Waals surface area contributed by atoms with E-state index in [1.807, 2.05) is 0 Å².